The highest BCUT2D eigenvalue weighted by Crippen LogP contribution is 2.42. The number of allylic oxidation sites excluding steroid dienone is 3. The lowest BCUT2D eigenvalue weighted by atomic mass is 9.85. The monoisotopic (exact) mass is 356 g/mol. The van der Waals surface area contributed by atoms with Crippen LogP contribution in [0.2, 0.25) is 0 Å². The molecule has 1 aromatic carbocycles. The fourth-order valence-electron chi connectivity index (χ4n) is 3.31. The Morgan fingerprint density at radius 3 is 2.62 bits per heavy atom. The molecule has 3 atom stereocenters. The van der Waals surface area contributed by atoms with Crippen LogP contribution in [0.5, 0.6) is 5.75 Å². The molecule has 1 heterocycles. The van der Waals surface area contributed by atoms with Gasteiger partial charge in [-0.2, -0.15) is 0 Å². The van der Waals surface area contributed by atoms with Crippen molar-refractivity contribution in [1.82, 2.24) is 0 Å². The number of rotatable bonds is 5. The number of aromatic hydroxyl groups is 1. The zero-order chi connectivity index (χ0) is 18.9. The van der Waals surface area contributed by atoms with Gasteiger partial charge in [-0.1, -0.05) is 24.3 Å². The number of methoxy groups -OCH3 is 1. The summed E-state index contributed by atoms with van der Waals surface area (Å²) in [6, 6.07) is 6.60. The van der Waals surface area contributed by atoms with E-state index in [1.165, 1.54) is 6.08 Å². The van der Waals surface area contributed by atoms with Gasteiger partial charge in [-0.05, 0) is 50.1 Å². The molecule has 0 bridgehead atoms. The van der Waals surface area contributed by atoms with Gasteiger partial charge in [-0.3, -0.25) is 4.79 Å². The van der Waals surface area contributed by atoms with Crippen LogP contribution in [0.25, 0.3) is 6.08 Å². The number of hydrogen-bond donors (Lipinski definition) is 2. The molecule has 5 heteroatoms. The molecule has 1 saturated heterocycles. The number of ketones is 1. The Labute approximate surface area is 153 Å². The van der Waals surface area contributed by atoms with Crippen LogP contribution in [-0.4, -0.2) is 40.9 Å². The Bertz CT molecular complexity index is 765. The molecule has 0 spiro atoms. The van der Waals surface area contributed by atoms with Gasteiger partial charge in [-0.15, -0.1) is 0 Å². The third kappa shape index (κ3) is 3.74. The van der Waals surface area contributed by atoms with Crippen molar-refractivity contribution in [2.45, 2.75) is 38.1 Å². The molecule has 26 heavy (non-hydrogen) atoms. The van der Waals surface area contributed by atoms with Gasteiger partial charge in [0.15, 0.2) is 5.78 Å². The fourth-order valence-corrected chi connectivity index (χ4v) is 3.31. The molecule has 1 aliphatic heterocycles. The van der Waals surface area contributed by atoms with E-state index in [0.29, 0.717) is 17.8 Å². The summed E-state index contributed by atoms with van der Waals surface area (Å²) >= 11 is 0. The second-order valence-electron chi connectivity index (χ2n) is 7.23. The van der Waals surface area contributed by atoms with Gasteiger partial charge >= 0.3 is 0 Å². The van der Waals surface area contributed by atoms with Gasteiger partial charge in [0, 0.05) is 7.11 Å². The molecular weight excluding hydrogens is 332 g/mol. The standard InChI is InChI=1S/C21H24O5/c1-21(2,24)19-12-16-18(25-3)11-9-15(20(16)26-19)17(23)10-6-13-4-7-14(22)8-5-13/h4-11,16,18-19,22,24H,12H2,1-3H3/b10-6+. The number of carbonyl (C=O) groups excluding carboxylic acids is 1. The number of ether oxygens (including phenoxy) is 2. The largest absolute Gasteiger partial charge is 0.508 e. The first-order valence-electron chi connectivity index (χ1n) is 8.65. The van der Waals surface area contributed by atoms with E-state index in [9.17, 15) is 15.0 Å². The number of aliphatic hydroxyl groups is 1. The molecule has 1 fully saturated rings. The van der Waals surface area contributed by atoms with Crippen molar-refractivity contribution in [3.63, 3.8) is 0 Å². The van der Waals surface area contributed by atoms with Crippen LogP contribution in [0.15, 0.2) is 53.8 Å². The van der Waals surface area contributed by atoms with Gasteiger partial charge in [-0.25, -0.2) is 0 Å². The number of benzene rings is 1. The van der Waals surface area contributed by atoms with E-state index in [4.69, 9.17) is 9.47 Å². The Hall–Kier alpha value is -2.37. The van der Waals surface area contributed by atoms with Gasteiger partial charge in [0.2, 0.25) is 0 Å². The van der Waals surface area contributed by atoms with Crippen molar-refractivity contribution in [1.29, 1.82) is 0 Å². The number of hydrogen-bond acceptors (Lipinski definition) is 5. The first-order chi connectivity index (χ1) is 12.3. The van der Waals surface area contributed by atoms with E-state index in [-0.39, 0.29) is 29.7 Å². The third-order valence-electron chi connectivity index (χ3n) is 4.83. The molecule has 0 aromatic heterocycles. The van der Waals surface area contributed by atoms with Gasteiger partial charge < -0.3 is 19.7 Å². The normalized spacial score (nSPS) is 25.5. The van der Waals surface area contributed by atoms with Crippen LogP contribution in [0.4, 0.5) is 0 Å². The van der Waals surface area contributed by atoms with Crippen LogP contribution in [-0.2, 0) is 14.3 Å². The predicted molar refractivity (Wildman–Crippen MR) is 98.4 cm³/mol. The minimum atomic E-state index is -1.00. The van der Waals surface area contributed by atoms with Crippen LogP contribution in [0.1, 0.15) is 25.8 Å². The van der Waals surface area contributed by atoms with Gasteiger partial charge in [0.1, 0.15) is 17.6 Å². The molecule has 0 radical (unpaired) electrons. The lowest BCUT2D eigenvalue weighted by molar-refractivity contribution is -0.111. The number of phenols is 1. The Morgan fingerprint density at radius 2 is 2.00 bits per heavy atom. The van der Waals surface area contributed by atoms with Crippen LogP contribution in [0.3, 0.4) is 0 Å². The first kappa shape index (κ1) is 18.4. The lowest BCUT2D eigenvalue weighted by Crippen LogP contribution is -2.35. The summed E-state index contributed by atoms with van der Waals surface area (Å²) in [6.07, 6.45) is 6.83. The van der Waals surface area contributed by atoms with Crippen LogP contribution < -0.4 is 0 Å². The highest BCUT2D eigenvalue weighted by Gasteiger charge is 2.45. The number of carbonyl (C=O) groups is 1. The second-order valence-corrected chi connectivity index (χ2v) is 7.23. The van der Waals surface area contributed by atoms with Crippen molar-refractivity contribution in [2.24, 2.45) is 5.92 Å². The maximum Gasteiger partial charge on any atom is 0.189 e. The summed E-state index contributed by atoms with van der Waals surface area (Å²) in [7, 11) is 1.63. The number of fused-ring (bicyclic) bond motifs is 1. The highest BCUT2D eigenvalue weighted by atomic mass is 16.5. The van der Waals surface area contributed by atoms with E-state index in [1.807, 2.05) is 6.08 Å². The van der Waals surface area contributed by atoms with Crippen molar-refractivity contribution in [2.75, 3.05) is 7.11 Å². The van der Waals surface area contributed by atoms with E-state index >= 15 is 0 Å². The minimum absolute atomic E-state index is 0.0811. The molecule has 2 aliphatic rings. The molecule has 3 rings (SSSR count). The summed E-state index contributed by atoms with van der Waals surface area (Å²) < 4.78 is 11.5. The molecular formula is C21H24O5. The molecule has 1 aromatic rings. The molecule has 138 valence electrons. The third-order valence-corrected chi connectivity index (χ3v) is 4.83. The average molecular weight is 356 g/mol. The second kappa shape index (κ2) is 7.09. The highest BCUT2D eigenvalue weighted by molar-refractivity contribution is 6.08. The quantitative estimate of drug-likeness (QED) is 0.793. The smallest absolute Gasteiger partial charge is 0.189 e. The lowest BCUT2D eigenvalue weighted by Gasteiger charge is -2.24. The maximum atomic E-state index is 12.7. The van der Waals surface area contributed by atoms with E-state index in [2.05, 4.69) is 0 Å². The summed E-state index contributed by atoms with van der Waals surface area (Å²) in [6.45, 7) is 3.41. The van der Waals surface area contributed by atoms with Crippen LogP contribution in [0, 0.1) is 5.92 Å². The first-order valence-corrected chi connectivity index (χ1v) is 8.65. The van der Waals surface area contributed by atoms with Gasteiger partial charge in [0.25, 0.3) is 0 Å². The Morgan fingerprint density at radius 1 is 1.31 bits per heavy atom. The predicted octanol–water partition coefficient (Wildman–Crippen LogP) is 2.99. The van der Waals surface area contributed by atoms with Crippen LogP contribution >= 0.6 is 0 Å². The molecule has 0 amide bonds. The summed E-state index contributed by atoms with van der Waals surface area (Å²) in [4.78, 5) is 12.7. The van der Waals surface area contributed by atoms with Crippen molar-refractivity contribution in [3.05, 3.63) is 59.4 Å². The molecule has 1 aliphatic carbocycles. The van der Waals surface area contributed by atoms with Gasteiger partial charge in [0.05, 0.1) is 23.2 Å². The summed E-state index contributed by atoms with van der Waals surface area (Å²) in [5.74, 6) is 0.522. The van der Waals surface area contributed by atoms with Crippen molar-refractivity contribution in [3.8, 4) is 5.75 Å². The zero-order valence-corrected chi connectivity index (χ0v) is 15.2. The maximum absolute atomic E-state index is 12.7. The molecule has 2 N–H and O–H groups in total. The van der Waals surface area contributed by atoms with Crippen molar-refractivity contribution >= 4 is 11.9 Å². The molecule has 3 unspecified atom stereocenters. The number of phenolic OH excluding ortho intramolecular Hbond substituents is 1. The zero-order valence-electron chi connectivity index (χ0n) is 15.2. The molecule has 0 saturated carbocycles. The van der Waals surface area contributed by atoms with E-state index in [1.54, 1.807) is 57.4 Å². The average Bonchev–Trinajstić information content (AvgIpc) is 3.06. The Kier molecular flexibility index (Phi) is 5.03. The van der Waals surface area contributed by atoms with Crippen molar-refractivity contribution < 1.29 is 24.5 Å². The fraction of sp³-hybridized carbons (Fsp3) is 0.381. The van der Waals surface area contributed by atoms with E-state index in [0.717, 1.165) is 5.56 Å². The SMILES string of the molecule is COC1C=CC(C(=O)/C=C/c2ccc(O)cc2)=C2OC(C(C)(C)O)CC21. The minimum Gasteiger partial charge on any atom is -0.508 e. The summed E-state index contributed by atoms with van der Waals surface area (Å²) in [5, 5.41) is 19.6. The topological polar surface area (TPSA) is 76.0 Å². The van der Waals surface area contributed by atoms with E-state index < -0.39 is 5.60 Å². The molecule has 5 nitrogen and oxygen atoms in total. The Balaban J connectivity index is 1.86. The summed E-state index contributed by atoms with van der Waals surface area (Å²) in [5.41, 5.74) is 0.304.